The highest BCUT2D eigenvalue weighted by Gasteiger charge is 2.65. The van der Waals surface area contributed by atoms with Crippen LogP contribution in [-0.4, -0.2) is 34.4 Å². The Labute approximate surface area is 169 Å². The van der Waals surface area contributed by atoms with Gasteiger partial charge < -0.3 is 15.7 Å². The molecule has 0 saturated carbocycles. The van der Waals surface area contributed by atoms with Crippen molar-refractivity contribution in [3.8, 4) is 0 Å². The molecule has 29 heavy (non-hydrogen) atoms. The largest absolute Gasteiger partial charge is 0.392 e. The number of carbonyl (C=O) groups is 2. The minimum Gasteiger partial charge on any atom is -0.392 e. The Balaban J connectivity index is 1.44. The number of hydrogen-bond acceptors (Lipinski definition) is 4. The van der Waals surface area contributed by atoms with E-state index in [2.05, 4.69) is 15.5 Å². The molecule has 5 rings (SSSR count). The molecule has 0 aliphatic carbocycles. The monoisotopic (exact) mass is 391 g/mol. The minimum absolute atomic E-state index is 0.00295. The zero-order valence-electron chi connectivity index (χ0n) is 16.2. The van der Waals surface area contributed by atoms with Gasteiger partial charge in [0.1, 0.15) is 5.54 Å². The first-order valence-corrected chi connectivity index (χ1v) is 10.3. The van der Waals surface area contributed by atoms with Crippen LogP contribution in [0.2, 0.25) is 0 Å². The molecule has 3 aliphatic rings. The van der Waals surface area contributed by atoms with Crippen LogP contribution in [0.15, 0.2) is 48.5 Å². The number of nitrogens with zero attached hydrogens (tertiary/aromatic N) is 1. The van der Waals surface area contributed by atoms with Crippen LogP contribution in [0.5, 0.6) is 0 Å². The summed E-state index contributed by atoms with van der Waals surface area (Å²) in [6, 6.07) is 15.6. The van der Waals surface area contributed by atoms with Gasteiger partial charge in [0.05, 0.1) is 12.5 Å². The van der Waals surface area contributed by atoms with Gasteiger partial charge in [0, 0.05) is 23.8 Å². The molecule has 3 N–H and O–H groups in total. The highest BCUT2D eigenvalue weighted by atomic mass is 16.3. The van der Waals surface area contributed by atoms with Crippen molar-refractivity contribution >= 4 is 17.5 Å². The van der Waals surface area contributed by atoms with Crippen LogP contribution in [-0.2, 0) is 28.3 Å². The van der Waals surface area contributed by atoms with Crippen LogP contribution >= 0.6 is 0 Å². The van der Waals surface area contributed by atoms with Crippen LogP contribution in [0.25, 0.3) is 0 Å². The Morgan fingerprint density at radius 2 is 1.93 bits per heavy atom. The third kappa shape index (κ3) is 2.70. The summed E-state index contributed by atoms with van der Waals surface area (Å²) in [5, 5.41) is 15.3. The summed E-state index contributed by atoms with van der Waals surface area (Å²) in [6.07, 6.45) is 2.80. The molecule has 3 atom stereocenters. The van der Waals surface area contributed by atoms with Gasteiger partial charge in [-0.25, -0.2) is 0 Å². The average Bonchev–Trinajstić information content (AvgIpc) is 3.41. The maximum Gasteiger partial charge on any atom is 0.250 e. The maximum atomic E-state index is 13.3. The summed E-state index contributed by atoms with van der Waals surface area (Å²) in [4.78, 5) is 28.9. The normalized spacial score (nSPS) is 27.7. The predicted octanol–water partition coefficient (Wildman–Crippen LogP) is 2.13. The number of nitrogens with one attached hydrogen (secondary N) is 2. The number of rotatable bonds is 4. The summed E-state index contributed by atoms with van der Waals surface area (Å²) in [5.74, 6) is -0.554. The minimum atomic E-state index is -0.900. The fourth-order valence-corrected chi connectivity index (χ4v) is 5.46. The smallest absolute Gasteiger partial charge is 0.250 e. The quantitative estimate of drug-likeness (QED) is 0.746. The topological polar surface area (TPSA) is 81.7 Å². The van der Waals surface area contributed by atoms with E-state index in [1.165, 1.54) is 0 Å². The molecule has 6 heteroatoms. The lowest BCUT2D eigenvalue weighted by molar-refractivity contribution is -0.137. The zero-order chi connectivity index (χ0) is 20.0. The number of aliphatic hydroxyl groups is 1. The van der Waals surface area contributed by atoms with E-state index in [1.54, 1.807) is 0 Å². The summed E-state index contributed by atoms with van der Waals surface area (Å²) < 4.78 is 0. The number of anilines is 1. The summed E-state index contributed by atoms with van der Waals surface area (Å²) >= 11 is 0. The Hall–Kier alpha value is -2.70. The van der Waals surface area contributed by atoms with Gasteiger partial charge in [-0.1, -0.05) is 42.5 Å². The van der Waals surface area contributed by atoms with Crippen LogP contribution in [0.4, 0.5) is 5.69 Å². The molecule has 0 bridgehead atoms. The molecule has 2 aromatic carbocycles. The molecule has 2 aromatic rings. The fourth-order valence-electron chi connectivity index (χ4n) is 5.46. The van der Waals surface area contributed by atoms with Crippen molar-refractivity contribution in [2.24, 2.45) is 5.92 Å². The molecule has 3 heterocycles. The van der Waals surface area contributed by atoms with Crippen molar-refractivity contribution in [3.63, 3.8) is 0 Å². The van der Waals surface area contributed by atoms with Crippen molar-refractivity contribution in [3.05, 3.63) is 65.2 Å². The van der Waals surface area contributed by atoms with Gasteiger partial charge in [0.15, 0.2) is 0 Å². The van der Waals surface area contributed by atoms with Crippen molar-refractivity contribution < 1.29 is 14.7 Å². The number of hydrogen-bond donors (Lipinski definition) is 3. The van der Waals surface area contributed by atoms with Gasteiger partial charge in [-0.2, -0.15) is 0 Å². The van der Waals surface area contributed by atoms with Crippen LogP contribution in [0.3, 0.4) is 0 Å². The zero-order valence-corrected chi connectivity index (χ0v) is 16.2. The molecule has 2 amide bonds. The highest BCUT2D eigenvalue weighted by molar-refractivity contribution is 6.09. The molecule has 0 radical (unpaired) electrons. The highest BCUT2D eigenvalue weighted by Crippen LogP contribution is 2.55. The Morgan fingerprint density at radius 1 is 1.17 bits per heavy atom. The Kier molecular flexibility index (Phi) is 4.41. The van der Waals surface area contributed by atoms with Crippen molar-refractivity contribution in [1.29, 1.82) is 0 Å². The number of para-hydroxylation sites is 1. The molecular weight excluding hydrogens is 366 g/mol. The summed E-state index contributed by atoms with van der Waals surface area (Å²) in [5.41, 5.74) is 2.67. The molecule has 0 unspecified atom stereocenters. The molecular formula is C23H25N3O3. The first-order chi connectivity index (χ1) is 14.1. The molecule has 2 saturated heterocycles. The van der Waals surface area contributed by atoms with E-state index in [1.807, 2.05) is 48.5 Å². The summed E-state index contributed by atoms with van der Waals surface area (Å²) in [7, 11) is 0. The lowest BCUT2D eigenvalue weighted by atomic mass is 9.78. The lowest BCUT2D eigenvalue weighted by Crippen LogP contribution is -2.54. The van der Waals surface area contributed by atoms with Gasteiger partial charge in [0.25, 0.3) is 0 Å². The van der Waals surface area contributed by atoms with Crippen LogP contribution in [0, 0.1) is 5.92 Å². The standard InChI is InChI=1S/C23H25N3O3/c27-14-16-9-7-15(8-10-16)13-24-21(28)19-12-17-4-3-11-26(17)23(19)18-5-1-2-6-20(18)25-22(23)29/h1-2,5-10,17,19,27H,3-4,11-14H2,(H,24,28)(H,25,29)/t17-,19-,23+/m1/s1. The predicted molar refractivity (Wildman–Crippen MR) is 109 cm³/mol. The van der Waals surface area contributed by atoms with Crippen molar-refractivity contribution in [1.82, 2.24) is 10.2 Å². The second kappa shape index (κ2) is 6.97. The van der Waals surface area contributed by atoms with Crippen LogP contribution in [0.1, 0.15) is 36.0 Å². The lowest BCUT2D eigenvalue weighted by Gasteiger charge is -2.36. The van der Waals surface area contributed by atoms with Gasteiger partial charge in [-0.05, 0) is 43.0 Å². The van der Waals surface area contributed by atoms with E-state index in [0.29, 0.717) is 13.0 Å². The number of aliphatic hydroxyl groups excluding tert-OH is 1. The van der Waals surface area contributed by atoms with E-state index >= 15 is 0 Å². The van der Waals surface area contributed by atoms with Crippen molar-refractivity contribution in [2.45, 2.75) is 44.0 Å². The molecule has 150 valence electrons. The number of carbonyl (C=O) groups excluding carboxylic acids is 2. The second-order valence-electron chi connectivity index (χ2n) is 8.24. The van der Waals surface area contributed by atoms with Gasteiger partial charge in [-0.15, -0.1) is 0 Å². The summed E-state index contributed by atoms with van der Waals surface area (Å²) in [6.45, 7) is 1.26. The van der Waals surface area contributed by atoms with E-state index < -0.39 is 11.5 Å². The number of benzene rings is 2. The molecule has 0 aromatic heterocycles. The SMILES string of the molecule is O=C(NCc1ccc(CO)cc1)[C@H]1C[C@H]2CCCN2[C@]12C(=O)Nc1ccccc12. The number of amides is 2. The molecule has 6 nitrogen and oxygen atoms in total. The third-order valence-corrected chi connectivity index (χ3v) is 6.76. The first kappa shape index (κ1) is 18.3. The Morgan fingerprint density at radius 3 is 2.72 bits per heavy atom. The van der Waals surface area contributed by atoms with Gasteiger partial charge in [-0.3, -0.25) is 14.5 Å². The van der Waals surface area contributed by atoms with Gasteiger partial charge >= 0.3 is 0 Å². The number of fused-ring (bicyclic) bond motifs is 4. The first-order valence-electron chi connectivity index (χ1n) is 10.3. The van der Waals surface area contributed by atoms with E-state index in [-0.39, 0.29) is 24.5 Å². The third-order valence-electron chi connectivity index (χ3n) is 6.76. The Bertz CT molecular complexity index is 958. The molecule has 3 aliphatic heterocycles. The maximum absolute atomic E-state index is 13.3. The van der Waals surface area contributed by atoms with E-state index in [4.69, 9.17) is 0 Å². The van der Waals surface area contributed by atoms with Gasteiger partial charge in [0.2, 0.25) is 11.8 Å². The molecule has 1 spiro atoms. The van der Waals surface area contributed by atoms with Crippen LogP contribution < -0.4 is 10.6 Å². The van der Waals surface area contributed by atoms with E-state index in [9.17, 15) is 14.7 Å². The molecule has 2 fully saturated rings. The second-order valence-corrected chi connectivity index (χ2v) is 8.24. The van der Waals surface area contributed by atoms with E-state index in [0.717, 1.165) is 41.8 Å². The average molecular weight is 391 g/mol. The fraction of sp³-hybridized carbons (Fsp3) is 0.391. The van der Waals surface area contributed by atoms with Crippen molar-refractivity contribution in [2.75, 3.05) is 11.9 Å².